The fourth-order valence-corrected chi connectivity index (χ4v) is 3.92. The number of fused-ring (bicyclic) bond motifs is 1. The van der Waals surface area contributed by atoms with Crippen molar-refractivity contribution in [3.63, 3.8) is 0 Å². The number of amides is 2. The fourth-order valence-electron chi connectivity index (χ4n) is 3.92. The summed E-state index contributed by atoms with van der Waals surface area (Å²) < 4.78 is 79.9. The minimum absolute atomic E-state index is 0.245. The summed E-state index contributed by atoms with van der Waals surface area (Å²) in [7, 11) is 0. The summed E-state index contributed by atoms with van der Waals surface area (Å²) in [6.45, 7) is 0.585. The second-order valence-electron chi connectivity index (χ2n) is 8.84. The molecule has 0 saturated heterocycles. The molecule has 1 fully saturated rings. The Labute approximate surface area is 208 Å². The number of nitrogens with one attached hydrogen (secondary N) is 2. The van der Waals surface area contributed by atoms with Crippen LogP contribution in [0.15, 0.2) is 66.7 Å². The van der Waals surface area contributed by atoms with E-state index in [9.17, 15) is 35.9 Å². The van der Waals surface area contributed by atoms with E-state index < -0.39 is 35.4 Å². The molecule has 4 rings (SSSR count). The van der Waals surface area contributed by atoms with Crippen LogP contribution in [0.3, 0.4) is 0 Å². The van der Waals surface area contributed by atoms with E-state index in [1.54, 1.807) is 41.7 Å². The highest BCUT2D eigenvalue weighted by Crippen LogP contribution is 2.36. The smallest absolute Gasteiger partial charge is 0.352 e. The summed E-state index contributed by atoms with van der Waals surface area (Å²) in [6.07, 6.45) is -5.54. The zero-order valence-electron chi connectivity index (χ0n) is 19.3. The Kier molecular flexibility index (Phi) is 7.29. The predicted molar refractivity (Wildman–Crippen MR) is 126 cm³/mol. The third-order valence-corrected chi connectivity index (χ3v) is 6.03. The number of hydrogen-bond donors (Lipinski definition) is 2. The average Bonchev–Trinajstić information content (AvgIpc) is 3.68. The number of rotatable bonds is 7. The van der Waals surface area contributed by atoms with E-state index in [1.807, 2.05) is 0 Å². The van der Waals surface area contributed by atoms with Gasteiger partial charge in [-0.05, 0) is 64.9 Å². The van der Waals surface area contributed by atoms with Crippen LogP contribution in [-0.2, 0) is 11.0 Å². The molecule has 2 N–H and O–H groups in total. The molecule has 1 unspecified atom stereocenters. The number of halogens is 6. The van der Waals surface area contributed by atoms with Gasteiger partial charge in [-0.2, -0.15) is 26.3 Å². The Hall–Kier alpha value is -3.82. The Balaban J connectivity index is 1.56. The summed E-state index contributed by atoms with van der Waals surface area (Å²) in [4.78, 5) is 25.0. The highest BCUT2D eigenvalue weighted by atomic mass is 19.4. The normalized spacial score (nSPS) is 15.1. The minimum atomic E-state index is -5.03. The first-order valence-electron chi connectivity index (χ1n) is 11.5. The van der Waals surface area contributed by atoms with Gasteiger partial charge in [0, 0.05) is 18.2 Å². The van der Waals surface area contributed by atoms with Crippen LogP contribution < -0.4 is 10.6 Å². The molecule has 10 heteroatoms. The molecule has 1 saturated carbocycles. The molecule has 3 aromatic carbocycles. The first kappa shape index (κ1) is 26.2. The lowest BCUT2D eigenvalue weighted by molar-refractivity contribution is -0.162. The Morgan fingerprint density at radius 1 is 0.919 bits per heavy atom. The lowest BCUT2D eigenvalue weighted by Crippen LogP contribution is -2.37. The van der Waals surface area contributed by atoms with Crippen molar-refractivity contribution in [1.29, 1.82) is 0 Å². The number of benzene rings is 3. The van der Waals surface area contributed by atoms with Gasteiger partial charge in [0.25, 0.3) is 5.91 Å². The third kappa shape index (κ3) is 6.49. The van der Waals surface area contributed by atoms with E-state index in [0.717, 1.165) is 31.1 Å². The summed E-state index contributed by atoms with van der Waals surface area (Å²) in [5, 5.41) is 5.85. The van der Waals surface area contributed by atoms with Crippen molar-refractivity contribution in [2.75, 3.05) is 6.54 Å². The van der Waals surface area contributed by atoms with Crippen molar-refractivity contribution in [1.82, 2.24) is 10.6 Å². The number of carbonyl (C=O) groups is 2. The van der Waals surface area contributed by atoms with E-state index in [-0.39, 0.29) is 5.91 Å². The Morgan fingerprint density at radius 3 is 2.27 bits per heavy atom. The summed E-state index contributed by atoms with van der Waals surface area (Å²) in [5.41, 5.74) is -1.08. The van der Waals surface area contributed by atoms with Crippen LogP contribution >= 0.6 is 0 Å². The van der Waals surface area contributed by atoms with E-state index >= 15 is 0 Å². The molecule has 1 atom stereocenters. The van der Waals surface area contributed by atoms with Gasteiger partial charge in [0.1, 0.15) is 0 Å². The molecule has 0 spiro atoms. The lowest BCUT2D eigenvalue weighted by Gasteiger charge is -2.22. The number of carbonyl (C=O) groups excluding carboxylic acids is 2. The number of hydrogen-bond acceptors (Lipinski definition) is 2. The van der Waals surface area contributed by atoms with E-state index in [4.69, 9.17) is 0 Å². The maximum absolute atomic E-state index is 13.6. The molecule has 1 aliphatic rings. The summed E-state index contributed by atoms with van der Waals surface area (Å²) in [6, 6.07) is 10.2. The number of alkyl halides is 6. The van der Waals surface area contributed by atoms with Crippen LogP contribution in [0, 0.1) is 5.92 Å². The van der Waals surface area contributed by atoms with Gasteiger partial charge in [0.2, 0.25) is 5.91 Å². The molecule has 4 nitrogen and oxygen atoms in total. The van der Waals surface area contributed by atoms with Gasteiger partial charge >= 0.3 is 12.4 Å². The standard InChI is InChI=1S/C27H22F6N2O2/c28-26(29,30)19-5-3-4-18(14-19)24(27(31,32)33)35-23(36)13-11-17-10-12-22(21-7-2-1-6-20(17)21)25(37)34-15-16-8-9-16/h1-7,10-14,16,24H,8-9,15H2,(H,34,37)(H,35,36)/b13-11+. The Morgan fingerprint density at radius 2 is 1.62 bits per heavy atom. The minimum Gasteiger partial charge on any atom is -0.352 e. The Bertz CT molecular complexity index is 1340. The quantitative estimate of drug-likeness (QED) is 0.279. The predicted octanol–water partition coefficient (Wildman–Crippen LogP) is 6.43. The van der Waals surface area contributed by atoms with Crippen LogP contribution in [0.2, 0.25) is 0 Å². The average molecular weight is 520 g/mol. The van der Waals surface area contributed by atoms with Gasteiger partial charge in [-0.25, -0.2) is 0 Å². The zero-order valence-corrected chi connectivity index (χ0v) is 19.3. The van der Waals surface area contributed by atoms with Crippen molar-refractivity contribution < 1.29 is 35.9 Å². The fraction of sp³-hybridized carbons (Fsp3) is 0.259. The third-order valence-electron chi connectivity index (χ3n) is 6.03. The monoisotopic (exact) mass is 520 g/mol. The maximum Gasteiger partial charge on any atom is 0.416 e. The molecular formula is C27H22F6N2O2. The van der Waals surface area contributed by atoms with Crippen LogP contribution in [0.4, 0.5) is 26.3 Å². The molecule has 3 aromatic rings. The van der Waals surface area contributed by atoms with Gasteiger partial charge < -0.3 is 10.6 Å². The molecular weight excluding hydrogens is 498 g/mol. The van der Waals surface area contributed by atoms with Crippen molar-refractivity contribution in [3.8, 4) is 0 Å². The van der Waals surface area contributed by atoms with Crippen LogP contribution in [-0.4, -0.2) is 24.5 Å². The molecule has 0 heterocycles. The molecule has 0 radical (unpaired) electrons. The zero-order chi connectivity index (χ0) is 26.8. The first-order valence-corrected chi connectivity index (χ1v) is 11.5. The van der Waals surface area contributed by atoms with Crippen LogP contribution in [0.25, 0.3) is 16.8 Å². The highest BCUT2D eigenvalue weighted by molar-refractivity contribution is 6.09. The largest absolute Gasteiger partial charge is 0.416 e. The topological polar surface area (TPSA) is 58.2 Å². The summed E-state index contributed by atoms with van der Waals surface area (Å²) >= 11 is 0. The SMILES string of the molecule is O=C(/C=C/c1ccc(C(=O)NCC2CC2)c2ccccc12)NC(c1cccc(C(F)(F)F)c1)C(F)(F)F. The van der Waals surface area contributed by atoms with Crippen molar-refractivity contribution in [2.24, 2.45) is 5.92 Å². The summed E-state index contributed by atoms with van der Waals surface area (Å²) in [5.74, 6) is -0.895. The van der Waals surface area contributed by atoms with Gasteiger partial charge in [-0.1, -0.05) is 42.5 Å². The van der Waals surface area contributed by atoms with Gasteiger partial charge in [-0.3, -0.25) is 9.59 Å². The molecule has 37 heavy (non-hydrogen) atoms. The van der Waals surface area contributed by atoms with Crippen molar-refractivity contribution >= 4 is 28.7 Å². The molecule has 194 valence electrons. The van der Waals surface area contributed by atoms with Crippen molar-refractivity contribution in [2.45, 2.75) is 31.2 Å². The first-order chi connectivity index (χ1) is 17.4. The molecule has 0 bridgehead atoms. The van der Waals surface area contributed by atoms with Crippen LogP contribution in [0.1, 0.15) is 45.9 Å². The second kappa shape index (κ2) is 10.3. The molecule has 0 aromatic heterocycles. The molecule has 1 aliphatic carbocycles. The molecule has 2 amide bonds. The maximum atomic E-state index is 13.6. The van der Waals surface area contributed by atoms with Gasteiger partial charge in [0.05, 0.1) is 5.56 Å². The van der Waals surface area contributed by atoms with Gasteiger partial charge in [0.15, 0.2) is 6.04 Å². The van der Waals surface area contributed by atoms with Crippen molar-refractivity contribution in [3.05, 3.63) is 89.0 Å². The van der Waals surface area contributed by atoms with Gasteiger partial charge in [-0.15, -0.1) is 0 Å². The van der Waals surface area contributed by atoms with E-state index in [1.165, 1.54) is 6.08 Å². The van der Waals surface area contributed by atoms with Crippen LogP contribution in [0.5, 0.6) is 0 Å². The second-order valence-corrected chi connectivity index (χ2v) is 8.84. The van der Waals surface area contributed by atoms with E-state index in [2.05, 4.69) is 5.32 Å². The highest BCUT2D eigenvalue weighted by Gasteiger charge is 2.42. The molecule has 0 aliphatic heterocycles. The van der Waals surface area contributed by atoms with E-state index in [0.29, 0.717) is 46.5 Å². The lowest BCUT2D eigenvalue weighted by atomic mass is 9.98.